The zero-order valence-electron chi connectivity index (χ0n) is 15.1. The highest BCUT2D eigenvalue weighted by Gasteiger charge is 2.29. The third kappa shape index (κ3) is 4.34. The first-order valence-corrected chi connectivity index (χ1v) is 10.6. The summed E-state index contributed by atoms with van der Waals surface area (Å²) < 4.78 is 29.1. The quantitative estimate of drug-likeness (QED) is 0.801. The summed E-state index contributed by atoms with van der Waals surface area (Å²) in [5.41, 5.74) is 0.387. The highest BCUT2D eigenvalue weighted by molar-refractivity contribution is 7.90. The smallest absolute Gasteiger partial charge is 0.254 e. The van der Waals surface area contributed by atoms with Gasteiger partial charge in [0.25, 0.3) is 5.91 Å². The van der Waals surface area contributed by atoms with Crippen molar-refractivity contribution in [2.24, 2.45) is 0 Å². The number of hydrogen-bond acceptors (Lipinski definition) is 5. The van der Waals surface area contributed by atoms with E-state index in [1.54, 1.807) is 24.5 Å². The fourth-order valence-corrected chi connectivity index (χ4v) is 3.94. The molecule has 2 aromatic rings. The molecule has 0 bridgehead atoms. The normalized spacial score (nSPS) is 16.5. The standard InChI is InChI=1S/C19H24N2O4S/c1-20-10-8-16(9-11-20)21(14-17-6-4-12-25-17)19(22)15-5-3-7-18(13-15)26(2,23)24/h3-7,12-13,16H,8-11,14H2,1-2H3. The van der Waals surface area contributed by atoms with Crippen LogP contribution in [0.5, 0.6) is 0 Å². The van der Waals surface area contributed by atoms with E-state index in [1.807, 2.05) is 11.0 Å². The van der Waals surface area contributed by atoms with E-state index < -0.39 is 9.84 Å². The van der Waals surface area contributed by atoms with Crippen molar-refractivity contribution >= 4 is 15.7 Å². The molecule has 0 radical (unpaired) electrons. The van der Waals surface area contributed by atoms with Gasteiger partial charge in [0.15, 0.2) is 9.84 Å². The molecule has 0 aliphatic carbocycles. The average molecular weight is 376 g/mol. The Hall–Kier alpha value is -2.12. The lowest BCUT2D eigenvalue weighted by molar-refractivity contribution is 0.0550. The van der Waals surface area contributed by atoms with E-state index in [-0.39, 0.29) is 16.8 Å². The molecule has 1 saturated heterocycles. The largest absolute Gasteiger partial charge is 0.467 e. The van der Waals surface area contributed by atoms with Crippen LogP contribution in [-0.2, 0) is 16.4 Å². The number of hydrogen-bond donors (Lipinski definition) is 0. The van der Waals surface area contributed by atoms with Gasteiger partial charge in [-0.2, -0.15) is 0 Å². The molecule has 6 nitrogen and oxygen atoms in total. The Bertz CT molecular complexity index is 853. The fraction of sp³-hybridized carbons (Fsp3) is 0.421. The van der Waals surface area contributed by atoms with E-state index in [1.165, 1.54) is 12.1 Å². The molecule has 0 saturated carbocycles. The Balaban J connectivity index is 1.89. The van der Waals surface area contributed by atoms with Gasteiger partial charge in [0.2, 0.25) is 0 Å². The summed E-state index contributed by atoms with van der Waals surface area (Å²) in [7, 11) is -1.29. The van der Waals surface area contributed by atoms with Crippen molar-refractivity contribution in [1.29, 1.82) is 0 Å². The van der Waals surface area contributed by atoms with Gasteiger partial charge < -0.3 is 14.2 Å². The first-order chi connectivity index (χ1) is 12.3. The van der Waals surface area contributed by atoms with E-state index in [2.05, 4.69) is 11.9 Å². The van der Waals surface area contributed by atoms with E-state index in [4.69, 9.17) is 4.42 Å². The van der Waals surface area contributed by atoms with Crippen molar-refractivity contribution in [2.45, 2.75) is 30.3 Å². The number of amides is 1. The predicted molar refractivity (Wildman–Crippen MR) is 98.7 cm³/mol. The fourth-order valence-electron chi connectivity index (χ4n) is 3.27. The van der Waals surface area contributed by atoms with E-state index in [0.717, 1.165) is 37.9 Å². The second-order valence-electron chi connectivity index (χ2n) is 6.85. The minimum Gasteiger partial charge on any atom is -0.467 e. The maximum Gasteiger partial charge on any atom is 0.254 e. The van der Waals surface area contributed by atoms with Crippen LogP contribution in [0.1, 0.15) is 29.0 Å². The first kappa shape index (κ1) is 18.7. The molecule has 1 aromatic carbocycles. The first-order valence-electron chi connectivity index (χ1n) is 8.66. The van der Waals surface area contributed by atoms with Crippen molar-refractivity contribution < 1.29 is 17.6 Å². The lowest BCUT2D eigenvalue weighted by Crippen LogP contribution is -2.46. The van der Waals surface area contributed by atoms with Crippen molar-refractivity contribution in [2.75, 3.05) is 26.4 Å². The van der Waals surface area contributed by atoms with E-state index >= 15 is 0 Å². The summed E-state index contributed by atoms with van der Waals surface area (Å²) in [5, 5.41) is 0. The van der Waals surface area contributed by atoms with Crippen LogP contribution >= 0.6 is 0 Å². The minimum absolute atomic E-state index is 0.102. The van der Waals surface area contributed by atoms with Gasteiger partial charge in [-0.3, -0.25) is 4.79 Å². The van der Waals surface area contributed by atoms with Gasteiger partial charge >= 0.3 is 0 Å². The zero-order valence-corrected chi connectivity index (χ0v) is 15.9. The summed E-state index contributed by atoms with van der Waals surface area (Å²) in [6, 6.07) is 10.0. The van der Waals surface area contributed by atoms with Crippen LogP contribution in [0, 0.1) is 0 Å². The van der Waals surface area contributed by atoms with Crippen molar-refractivity contribution in [3.05, 3.63) is 54.0 Å². The van der Waals surface area contributed by atoms with Crippen LogP contribution in [0.15, 0.2) is 52.0 Å². The summed E-state index contributed by atoms with van der Waals surface area (Å²) in [5.74, 6) is 0.554. The predicted octanol–water partition coefficient (Wildman–Crippen LogP) is 2.42. The Morgan fingerprint density at radius 2 is 1.96 bits per heavy atom. The maximum atomic E-state index is 13.2. The number of piperidine rings is 1. The molecule has 7 heteroatoms. The Morgan fingerprint density at radius 1 is 1.23 bits per heavy atom. The van der Waals surface area contributed by atoms with Gasteiger partial charge in [-0.15, -0.1) is 0 Å². The molecule has 26 heavy (non-hydrogen) atoms. The molecule has 0 unspecified atom stereocenters. The monoisotopic (exact) mass is 376 g/mol. The molecule has 3 rings (SSSR count). The Labute approximate surface area is 154 Å². The van der Waals surface area contributed by atoms with E-state index in [0.29, 0.717) is 12.1 Å². The third-order valence-electron chi connectivity index (χ3n) is 4.81. The lowest BCUT2D eigenvalue weighted by atomic mass is 10.0. The molecule has 0 N–H and O–H groups in total. The molecule has 0 atom stereocenters. The molecule has 140 valence electrons. The van der Waals surface area contributed by atoms with Gasteiger partial charge in [0, 0.05) is 17.9 Å². The van der Waals surface area contributed by atoms with Crippen molar-refractivity contribution in [1.82, 2.24) is 9.80 Å². The summed E-state index contributed by atoms with van der Waals surface area (Å²) in [4.78, 5) is 17.4. The van der Waals surface area contributed by atoms with Crippen molar-refractivity contribution in [3.8, 4) is 0 Å². The van der Waals surface area contributed by atoms with E-state index in [9.17, 15) is 13.2 Å². The number of carbonyl (C=O) groups is 1. The Kier molecular flexibility index (Phi) is 5.48. The van der Waals surface area contributed by atoms with Gasteiger partial charge in [-0.1, -0.05) is 6.07 Å². The third-order valence-corrected chi connectivity index (χ3v) is 5.92. The zero-order chi connectivity index (χ0) is 18.7. The average Bonchev–Trinajstić information content (AvgIpc) is 3.13. The number of likely N-dealkylation sites (tertiary alicyclic amines) is 1. The molecule has 2 heterocycles. The number of furan rings is 1. The molecule has 1 aliphatic rings. The minimum atomic E-state index is -3.36. The van der Waals surface area contributed by atoms with Crippen LogP contribution < -0.4 is 0 Å². The van der Waals surface area contributed by atoms with Crippen LogP contribution in [0.4, 0.5) is 0 Å². The van der Waals surface area contributed by atoms with Gasteiger partial charge in [-0.25, -0.2) is 8.42 Å². The summed E-state index contributed by atoms with van der Waals surface area (Å²) >= 11 is 0. The maximum absolute atomic E-state index is 13.2. The van der Waals surface area contributed by atoms with Gasteiger partial charge in [0.1, 0.15) is 5.76 Å². The topological polar surface area (TPSA) is 70.8 Å². The number of sulfone groups is 1. The molecule has 0 spiro atoms. The van der Waals surface area contributed by atoms with Crippen LogP contribution in [0.3, 0.4) is 0 Å². The number of benzene rings is 1. The molecular weight excluding hydrogens is 352 g/mol. The van der Waals surface area contributed by atoms with Gasteiger partial charge in [-0.05, 0) is 63.3 Å². The number of nitrogens with zero attached hydrogens (tertiary/aromatic N) is 2. The summed E-state index contributed by atoms with van der Waals surface area (Å²) in [6.07, 6.45) is 4.51. The number of carbonyl (C=O) groups excluding carboxylic acids is 1. The molecule has 1 amide bonds. The second-order valence-corrected chi connectivity index (χ2v) is 8.86. The second kappa shape index (κ2) is 7.63. The molecular formula is C19H24N2O4S. The van der Waals surface area contributed by atoms with Crippen LogP contribution in [0.2, 0.25) is 0 Å². The SMILES string of the molecule is CN1CCC(N(Cc2ccco2)C(=O)c2cccc(S(C)(=O)=O)c2)CC1. The lowest BCUT2D eigenvalue weighted by Gasteiger charge is -2.37. The molecule has 1 aliphatic heterocycles. The van der Waals surface area contributed by atoms with Crippen LogP contribution in [0.25, 0.3) is 0 Å². The van der Waals surface area contributed by atoms with Crippen molar-refractivity contribution in [3.63, 3.8) is 0 Å². The highest BCUT2D eigenvalue weighted by atomic mass is 32.2. The molecule has 1 aromatic heterocycles. The number of rotatable bonds is 5. The molecule has 1 fully saturated rings. The highest BCUT2D eigenvalue weighted by Crippen LogP contribution is 2.22. The van der Waals surface area contributed by atoms with Gasteiger partial charge in [0.05, 0.1) is 17.7 Å². The Morgan fingerprint density at radius 3 is 2.58 bits per heavy atom. The summed E-state index contributed by atoms with van der Waals surface area (Å²) in [6.45, 7) is 2.23. The van der Waals surface area contributed by atoms with Crippen LogP contribution in [-0.4, -0.2) is 56.6 Å².